The van der Waals surface area contributed by atoms with Crippen LogP contribution in [0.5, 0.6) is 5.75 Å². The van der Waals surface area contributed by atoms with Gasteiger partial charge < -0.3 is 14.4 Å². The van der Waals surface area contributed by atoms with Gasteiger partial charge >= 0.3 is 0 Å². The third-order valence-electron chi connectivity index (χ3n) is 4.69. The molecule has 0 saturated heterocycles. The molecule has 7 nitrogen and oxygen atoms in total. The Labute approximate surface area is 189 Å². The van der Waals surface area contributed by atoms with Gasteiger partial charge in [0.25, 0.3) is 5.91 Å². The minimum Gasteiger partial charge on any atom is -0.482 e. The molecule has 1 heterocycles. The molecule has 2 aromatic rings. The number of anilines is 1. The zero-order valence-electron chi connectivity index (χ0n) is 16.5. The van der Waals surface area contributed by atoms with Crippen LogP contribution in [0.4, 0.5) is 5.69 Å². The number of methoxy groups -OCH3 is 1. The number of carbonyl (C=O) groups is 1. The maximum atomic E-state index is 12.8. The van der Waals surface area contributed by atoms with Crippen molar-refractivity contribution in [3.63, 3.8) is 0 Å². The minimum absolute atomic E-state index is 0.00921. The van der Waals surface area contributed by atoms with E-state index in [1.165, 1.54) is 25.3 Å². The van der Waals surface area contributed by atoms with Crippen molar-refractivity contribution in [3.8, 4) is 5.75 Å². The van der Waals surface area contributed by atoms with Gasteiger partial charge in [0, 0.05) is 29.9 Å². The molecular formula is C20H22BrClN2O5S. The van der Waals surface area contributed by atoms with Crippen LogP contribution in [0.25, 0.3) is 0 Å². The Morgan fingerprint density at radius 1 is 1.30 bits per heavy atom. The van der Waals surface area contributed by atoms with Crippen molar-refractivity contribution in [1.82, 2.24) is 4.72 Å². The number of amides is 1. The van der Waals surface area contributed by atoms with E-state index in [2.05, 4.69) is 20.7 Å². The Morgan fingerprint density at radius 2 is 2.07 bits per heavy atom. The first kappa shape index (κ1) is 23.0. The molecule has 0 radical (unpaired) electrons. The number of ether oxygens (including phenoxy) is 2. The standard InChI is InChI=1S/C20H22BrClN2O5S/c1-13-9-14-10-15(21)3-5-18(14)24(13)20(25)12-29-19-6-4-16(11-17(19)22)30(26,27)23-7-8-28-2/h3-6,10-11,13,23H,7-9,12H2,1-2H3/t13-/m1/s1. The quantitative estimate of drug-likeness (QED) is 0.543. The molecule has 0 aromatic heterocycles. The fourth-order valence-corrected chi connectivity index (χ4v) is 5.06. The number of rotatable bonds is 8. The molecule has 1 aliphatic heterocycles. The highest BCUT2D eigenvalue weighted by Gasteiger charge is 2.31. The van der Waals surface area contributed by atoms with E-state index in [9.17, 15) is 13.2 Å². The summed E-state index contributed by atoms with van der Waals surface area (Å²) < 4.78 is 38.3. The number of nitrogens with zero attached hydrogens (tertiary/aromatic N) is 1. The zero-order valence-corrected chi connectivity index (χ0v) is 19.7. The number of carbonyl (C=O) groups excluding carboxylic acids is 1. The lowest BCUT2D eigenvalue weighted by Gasteiger charge is -2.23. The molecule has 0 aliphatic carbocycles. The van der Waals surface area contributed by atoms with Crippen molar-refractivity contribution in [3.05, 3.63) is 51.5 Å². The summed E-state index contributed by atoms with van der Waals surface area (Å²) in [7, 11) is -2.22. The fraction of sp³-hybridized carbons (Fsp3) is 0.350. The molecule has 0 spiro atoms. The van der Waals surface area contributed by atoms with Gasteiger partial charge in [0.05, 0.1) is 16.5 Å². The van der Waals surface area contributed by atoms with E-state index in [0.717, 1.165) is 22.1 Å². The first-order valence-electron chi connectivity index (χ1n) is 9.24. The smallest absolute Gasteiger partial charge is 0.265 e. The fourth-order valence-electron chi connectivity index (χ4n) is 3.32. The summed E-state index contributed by atoms with van der Waals surface area (Å²) in [6.45, 7) is 2.17. The van der Waals surface area contributed by atoms with Crippen molar-refractivity contribution >= 4 is 49.1 Å². The van der Waals surface area contributed by atoms with Crippen LogP contribution in [0, 0.1) is 0 Å². The Morgan fingerprint density at radius 3 is 2.77 bits per heavy atom. The van der Waals surface area contributed by atoms with Gasteiger partial charge in [0.15, 0.2) is 6.61 Å². The summed E-state index contributed by atoms with van der Waals surface area (Å²) in [5.74, 6) is 0.0429. The van der Waals surface area contributed by atoms with E-state index in [1.54, 1.807) is 4.90 Å². The van der Waals surface area contributed by atoms with Gasteiger partial charge in [-0.05, 0) is 55.3 Å². The van der Waals surface area contributed by atoms with Gasteiger partial charge in [0.2, 0.25) is 10.0 Å². The largest absolute Gasteiger partial charge is 0.482 e. The van der Waals surface area contributed by atoms with Crippen molar-refractivity contribution in [2.45, 2.75) is 24.3 Å². The van der Waals surface area contributed by atoms with Crippen LogP contribution in [0.1, 0.15) is 12.5 Å². The molecule has 1 amide bonds. The molecule has 1 N–H and O–H groups in total. The summed E-state index contributed by atoms with van der Waals surface area (Å²) in [6, 6.07) is 9.95. The monoisotopic (exact) mass is 516 g/mol. The zero-order chi connectivity index (χ0) is 21.9. The Balaban J connectivity index is 1.67. The second-order valence-electron chi connectivity index (χ2n) is 6.86. The second kappa shape index (κ2) is 9.65. The highest BCUT2D eigenvalue weighted by molar-refractivity contribution is 9.10. The average Bonchev–Trinajstić information content (AvgIpc) is 3.01. The summed E-state index contributed by atoms with van der Waals surface area (Å²) in [6.07, 6.45) is 0.768. The van der Waals surface area contributed by atoms with E-state index in [0.29, 0.717) is 0 Å². The topological polar surface area (TPSA) is 84.9 Å². The van der Waals surface area contributed by atoms with E-state index >= 15 is 0 Å². The molecule has 0 bridgehead atoms. The van der Waals surface area contributed by atoms with E-state index in [1.807, 2.05) is 25.1 Å². The average molecular weight is 518 g/mol. The number of halogens is 2. The Hall–Kier alpha value is -1.65. The van der Waals surface area contributed by atoms with Crippen LogP contribution in [0.3, 0.4) is 0 Å². The van der Waals surface area contributed by atoms with Gasteiger partial charge in [-0.25, -0.2) is 13.1 Å². The summed E-state index contributed by atoms with van der Waals surface area (Å²) in [5, 5.41) is 0.108. The Kier molecular flexibility index (Phi) is 7.41. The van der Waals surface area contributed by atoms with E-state index in [4.69, 9.17) is 21.1 Å². The first-order valence-corrected chi connectivity index (χ1v) is 11.9. The number of benzene rings is 2. The molecule has 3 rings (SSSR count). The van der Waals surface area contributed by atoms with Crippen LogP contribution in [0.15, 0.2) is 45.8 Å². The second-order valence-corrected chi connectivity index (χ2v) is 9.95. The number of hydrogen-bond donors (Lipinski definition) is 1. The normalized spacial score (nSPS) is 15.9. The minimum atomic E-state index is -3.71. The Bertz CT molecular complexity index is 1050. The lowest BCUT2D eigenvalue weighted by molar-refractivity contribution is -0.120. The predicted molar refractivity (Wildman–Crippen MR) is 119 cm³/mol. The van der Waals surface area contributed by atoms with Crippen molar-refractivity contribution in [2.75, 3.05) is 31.8 Å². The maximum Gasteiger partial charge on any atom is 0.265 e. The molecule has 162 valence electrons. The highest BCUT2D eigenvalue weighted by atomic mass is 79.9. The van der Waals surface area contributed by atoms with Crippen molar-refractivity contribution < 1.29 is 22.7 Å². The van der Waals surface area contributed by atoms with Gasteiger partial charge in [-0.15, -0.1) is 0 Å². The molecule has 0 saturated carbocycles. The highest BCUT2D eigenvalue weighted by Crippen LogP contribution is 2.34. The van der Waals surface area contributed by atoms with Crippen LogP contribution >= 0.6 is 27.5 Å². The molecular weight excluding hydrogens is 496 g/mol. The first-order chi connectivity index (χ1) is 14.2. The molecule has 0 unspecified atom stereocenters. The van der Waals surface area contributed by atoms with Gasteiger partial charge in [-0.1, -0.05) is 27.5 Å². The van der Waals surface area contributed by atoms with Crippen molar-refractivity contribution in [2.24, 2.45) is 0 Å². The predicted octanol–water partition coefficient (Wildman–Crippen LogP) is 3.38. The maximum absolute atomic E-state index is 12.8. The van der Waals surface area contributed by atoms with Crippen LogP contribution in [-0.2, 0) is 26.0 Å². The third kappa shape index (κ3) is 5.15. The van der Waals surface area contributed by atoms with Gasteiger partial charge in [-0.2, -0.15) is 0 Å². The summed E-state index contributed by atoms with van der Waals surface area (Å²) >= 11 is 9.65. The van der Waals surface area contributed by atoms with E-state index in [-0.39, 0.29) is 47.4 Å². The summed E-state index contributed by atoms with van der Waals surface area (Å²) in [4.78, 5) is 14.5. The number of hydrogen-bond acceptors (Lipinski definition) is 5. The molecule has 0 fully saturated rings. The lowest BCUT2D eigenvalue weighted by atomic mass is 10.1. The van der Waals surface area contributed by atoms with Crippen LogP contribution in [-0.4, -0.2) is 47.2 Å². The third-order valence-corrected chi connectivity index (χ3v) is 6.94. The van der Waals surface area contributed by atoms with E-state index < -0.39 is 10.0 Å². The number of nitrogens with one attached hydrogen (secondary N) is 1. The molecule has 30 heavy (non-hydrogen) atoms. The molecule has 1 aliphatic rings. The molecule has 1 atom stereocenters. The van der Waals surface area contributed by atoms with Gasteiger partial charge in [-0.3, -0.25) is 4.79 Å². The number of fused-ring (bicyclic) bond motifs is 1. The lowest BCUT2D eigenvalue weighted by Crippen LogP contribution is -2.39. The summed E-state index contributed by atoms with van der Waals surface area (Å²) in [5.41, 5.74) is 1.97. The molecule has 2 aromatic carbocycles. The molecule has 10 heteroatoms. The SMILES string of the molecule is COCCNS(=O)(=O)c1ccc(OCC(=O)N2c3ccc(Br)cc3C[C@H]2C)c(Cl)c1. The van der Waals surface area contributed by atoms with Crippen molar-refractivity contribution in [1.29, 1.82) is 0 Å². The van der Waals surface area contributed by atoms with Crippen LogP contribution in [0.2, 0.25) is 5.02 Å². The van der Waals surface area contributed by atoms with Gasteiger partial charge in [0.1, 0.15) is 5.75 Å². The number of sulfonamides is 1. The van der Waals surface area contributed by atoms with Crippen LogP contribution < -0.4 is 14.4 Å².